The molecule has 0 N–H and O–H groups in total. The van der Waals surface area contributed by atoms with E-state index < -0.39 is 0 Å². The van der Waals surface area contributed by atoms with Crippen molar-refractivity contribution in [1.29, 1.82) is 0 Å². The molecule has 0 radical (unpaired) electrons. The first-order valence-electron chi connectivity index (χ1n) is 17.1. The molecule has 0 saturated carbocycles. The summed E-state index contributed by atoms with van der Waals surface area (Å²) in [5, 5.41) is 7.36. The van der Waals surface area contributed by atoms with Gasteiger partial charge in [-0.25, -0.2) is 9.67 Å². The first kappa shape index (κ1) is 31.4. The zero-order chi connectivity index (χ0) is 33.4. The molecular formula is C43H44N4O. The van der Waals surface area contributed by atoms with E-state index in [-0.39, 0.29) is 5.41 Å². The highest BCUT2D eigenvalue weighted by atomic mass is 16.5. The van der Waals surface area contributed by atoms with Crippen molar-refractivity contribution in [1.82, 2.24) is 19.3 Å². The molecule has 3 aromatic heterocycles. The number of aromatic nitrogens is 4. The van der Waals surface area contributed by atoms with Crippen LogP contribution in [0.3, 0.4) is 0 Å². The molecule has 7 aromatic rings. The van der Waals surface area contributed by atoms with E-state index in [1.54, 1.807) is 0 Å². The molecule has 3 heterocycles. The Kier molecular flexibility index (Phi) is 8.38. The second-order valence-electron chi connectivity index (χ2n) is 14.1. The lowest BCUT2D eigenvalue weighted by Crippen LogP contribution is -2.06. The van der Waals surface area contributed by atoms with Crippen LogP contribution in [0.5, 0.6) is 11.5 Å². The van der Waals surface area contributed by atoms with Gasteiger partial charge in [0.15, 0.2) is 0 Å². The molecule has 0 unspecified atom stereocenters. The molecule has 0 amide bonds. The first-order chi connectivity index (χ1) is 23.2. The van der Waals surface area contributed by atoms with Crippen molar-refractivity contribution < 1.29 is 4.74 Å². The predicted molar refractivity (Wildman–Crippen MR) is 199 cm³/mol. The molecular weight excluding hydrogens is 589 g/mol. The van der Waals surface area contributed by atoms with Gasteiger partial charge < -0.3 is 4.74 Å². The highest BCUT2D eigenvalue weighted by Crippen LogP contribution is 2.37. The zero-order valence-electron chi connectivity index (χ0n) is 28.9. The fourth-order valence-electron chi connectivity index (χ4n) is 6.79. The minimum atomic E-state index is 0.287. The molecule has 7 rings (SSSR count). The predicted octanol–water partition coefficient (Wildman–Crippen LogP) is 11.4. The van der Waals surface area contributed by atoms with Gasteiger partial charge in [-0.05, 0) is 104 Å². The van der Waals surface area contributed by atoms with Crippen LogP contribution in [0.15, 0.2) is 109 Å². The van der Waals surface area contributed by atoms with Gasteiger partial charge in [0, 0.05) is 40.4 Å². The summed E-state index contributed by atoms with van der Waals surface area (Å²) in [6, 6.07) is 36.3. The number of benzene rings is 4. The molecule has 0 bridgehead atoms. The normalized spacial score (nSPS) is 11.9. The Morgan fingerprint density at radius 1 is 0.708 bits per heavy atom. The molecule has 242 valence electrons. The van der Waals surface area contributed by atoms with Crippen LogP contribution in [0.25, 0.3) is 44.4 Å². The molecule has 5 heteroatoms. The summed E-state index contributed by atoms with van der Waals surface area (Å²) in [6.07, 6.45) is 6.24. The van der Waals surface area contributed by atoms with Gasteiger partial charge in [0.1, 0.15) is 17.3 Å². The Morgan fingerprint density at radius 2 is 1.50 bits per heavy atom. The summed E-state index contributed by atoms with van der Waals surface area (Å²) in [7, 11) is 0. The van der Waals surface area contributed by atoms with Crippen LogP contribution in [-0.2, 0) is 12.8 Å². The van der Waals surface area contributed by atoms with E-state index in [1.165, 1.54) is 33.0 Å². The molecule has 5 nitrogen and oxygen atoms in total. The second kappa shape index (κ2) is 12.8. The summed E-state index contributed by atoms with van der Waals surface area (Å²) in [5.41, 5.74) is 10.6. The molecule has 48 heavy (non-hydrogen) atoms. The molecule has 0 saturated heterocycles. The van der Waals surface area contributed by atoms with Crippen molar-refractivity contribution in [3.05, 3.63) is 132 Å². The van der Waals surface area contributed by atoms with Gasteiger partial charge in [0.2, 0.25) is 0 Å². The largest absolute Gasteiger partial charge is 0.457 e. The van der Waals surface area contributed by atoms with Crippen molar-refractivity contribution in [3.63, 3.8) is 0 Å². The SMILES string of the molecule is CCCc1ccnc(-n2c3ccc(CCC(C)(C)C)cc3c3ccc(Oc4cccc(-n5nc(C)c(-c6ccccc6)c5C)c4)cc32)c1. The fraction of sp³-hybridized carbons (Fsp3) is 0.256. The van der Waals surface area contributed by atoms with Gasteiger partial charge in [-0.3, -0.25) is 4.57 Å². The van der Waals surface area contributed by atoms with Crippen LogP contribution in [0, 0.1) is 19.3 Å². The lowest BCUT2D eigenvalue weighted by atomic mass is 9.88. The number of fused-ring (bicyclic) bond motifs is 3. The maximum Gasteiger partial charge on any atom is 0.137 e. The van der Waals surface area contributed by atoms with Crippen LogP contribution in [0.2, 0.25) is 0 Å². The maximum absolute atomic E-state index is 6.58. The van der Waals surface area contributed by atoms with Crippen LogP contribution in [-0.4, -0.2) is 19.3 Å². The van der Waals surface area contributed by atoms with Gasteiger partial charge in [0.25, 0.3) is 0 Å². The minimum Gasteiger partial charge on any atom is -0.457 e. The van der Waals surface area contributed by atoms with E-state index in [0.29, 0.717) is 0 Å². The molecule has 4 aromatic carbocycles. The summed E-state index contributed by atoms with van der Waals surface area (Å²) in [5.74, 6) is 2.47. The topological polar surface area (TPSA) is 44.9 Å². The van der Waals surface area contributed by atoms with Crippen molar-refractivity contribution >= 4 is 21.8 Å². The maximum atomic E-state index is 6.58. The Morgan fingerprint density at radius 3 is 2.29 bits per heavy atom. The smallest absolute Gasteiger partial charge is 0.137 e. The van der Waals surface area contributed by atoms with Gasteiger partial charge in [-0.2, -0.15) is 5.10 Å². The van der Waals surface area contributed by atoms with Crippen molar-refractivity contribution in [2.45, 2.75) is 67.2 Å². The number of nitrogens with zero attached hydrogens (tertiary/aromatic N) is 4. The molecule has 0 spiro atoms. The van der Waals surface area contributed by atoms with E-state index in [9.17, 15) is 0 Å². The third-order valence-electron chi connectivity index (χ3n) is 9.20. The van der Waals surface area contributed by atoms with E-state index in [2.05, 4.69) is 131 Å². The lowest BCUT2D eigenvalue weighted by Gasteiger charge is -2.17. The second-order valence-corrected chi connectivity index (χ2v) is 14.1. The van der Waals surface area contributed by atoms with Crippen LogP contribution >= 0.6 is 0 Å². The summed E-state index contributed by atoms with van der Waals surface area (Å²) >= 11 is 0. The summed E-state index contributed by atoms with van der Waals surface area (Å²) < 4.78 is 10.9. The van der Waals surface area contributed by atoms with Crippen LogP contribution < -0.4 is 4.74 Å². The molecule has 0 fully saturated rings. The van der Waals surface area contributed by atoms with Crippen LogP contribution in [0.1, 0.15) is 63.1 Å². The Labute approximate surface area is 283 Å². The monoisotopic (exact) mass is 632 g/mol. The summed E-state index contributed by atoms with van der Waals surface area (Å²) in [4.78, 5) is 4.87. The van der Waals surface area contributed by atoms with Crippen molar-refractivity contribution in [2.24, 2.45) is 5.41 Å². The quantitative estimate of drug-likeness (QED) is 0.159. The fourth-order valence-corrected chi connectivity index (χ4v) is 6.79. The van der Waals surface area contributed by atoms with Crippen molar-refractivity contribution in [3.8, 4) is 34.1 Å². The Bertz CT molecular complexity index is 2230. The van der Waals surface area contributed by atoms with Gasteiger partial charge in [-0.1, -0.05) is 76.6 Å². The molecule has 0 aliphatic carbocycles. The zero-order valence-corrected chi connectivity index (χ0v) is 28.9. The van der Waals surface area contributed by atoms with Crippen LogP contribution in [0.4, 0.5) is 0 Å². The minimum absolute atomic E-state index is 0.287. The standard InChI is InChI=1S/C43H44N4O/c1-7-12-31-22-24-44-41(26-31)46-39-20-17-32(21-23-43(4,5)6)25-38(39)37-19-18-36(28-40(37)46)48-35-16-11-15-34(27-35)47-30(3)42(29(2)45-47)33-13-9-8-10-14-33/h8-11,13-20,22,24-28H,7,12,21,23H2,1-6H3. The van der Waals surface area contributed by atoms with E-state index in [0.717, 1.165) is 71.1 Å². The average Bonchev–Trinajstić information content (AvgIpc) is 3.56. The number of hydrogen-bond acceptors (Lipinski definition) is 3. The van der Waals surface area contributed by atoms with Gasteiger partial charge in [0.05, 0.1) is 22.4 Å². The van der Waals surface area contributed by atoms with Crippen molar-refractivity contribution in [2.75, 3.05) is 0 Å². The number of pyridine rings is 1. The first-order valence-corrected chi connectivity index (χ1v) is 17.1. The Hall–Kier alpha value is -5.16. The van der Waals surface area contributed by atoms with E-state index >= 15 is 0 Å². The third-order valence-corrected chi connectivity index (χ3v) is 9.20. The molecule has 0 atom stereocenters. The number of aryl methyl sites for hydroxylation is 3. The third kappa shape index (κ3) is 6.25. The van der Waals surface area contributed by atoms with E-state index in [4.69, 9.17) is 14.8 Å². The number of ether oxygens (including phenoxy) is 1. The van der Waals surface area contributed by atoms with Gasteiger partial charge >= 0.3 is 0 Å². The van der Waals surface area contributed by atoms with E-state index in [1.807, 2.05) is 29.1 Å². The highest BCUT2D eigenvalue weighted by molar-refractivity contribution is 6.09. The van der Waals surface area contributed by atoms with Gasteiger partial charge in [-0.15, -0.1) is 0 Å². The Balaban J connectivity index is 1.28. The average molecular weight is 633 g/mol. The lowest BCUT2D eigenvalue weighted by molar-refractivity contribution is 0.378. The number of rotatable bonds is 9. The highest BCUT2D eigenvalue weighted by Gasteiger charge is 2.18. The number of hydrogen-bond donors (Lipinski definition) is 0. The molecule has 0 aliphatic heterocycles. The molecule has 0 aliphatic rings. The summed E-state index contributed by atoms with van der Waals surface area (Å²) in [6.45, 7) is 13.3.